The number of benzene rings is 2. The van der Waals surface area contributed by atoms with E-state index < -0.39 is 0 Å². The minimum Gasteiger partial charge on any atom is -0.326 e. The Kier molecular flexibility index (Phi) is 3.78. The molecule has 1 aliphatic rings. The fourth-order valence-electron chi connectivity index (χ4n) is 2.58. The van der Waals surface area contributed by atoms with Gasteiger partial charge in [0.1, 0.15) is 0 Å². The maximum absolute atomic E-state index is 12.4. The molecular formula is C17H17N3O2. The summed E-state index contributed by atoms with van der Waals surface area (Å²) in [5.74, 6) is -0.120. The quantitative estimate of drug-likeness (QED) is 0.893. The van der Waals surface area contributed by atoms with Crippen molar-refractivity contribution in [2.24, 2.45) is 0 Å². The molecule has 0 unspecified atom stereocenters. The first kappa shape index (κ1) is 14.1. The average Bonchev–Trinajstić information content (AvgIpc) is 2.93. The molecule has 22 heavy (non-hydrogen) atoms. The van der Waals surface area contributed by atoms with Crippen molar-refractivity contribution in [2.75, 3.05) is 22.1 Å². The third-order valence-electron chi connectivity index (χ3n) is 3.59. The lowest BCUT2D eigenvalue weighted by molar-refractivity contribution is -0.114. The molecule has 0 bridgehead atoms. The highest BCUT2D eigenvalue weighted by Crippen LogP contribution is 2.28. The van der Waals surface area contributed by atoms with Gasteiger partial charge in [-0.3, -0.25) is 9.69 Å². The Morgan fingerprint density at radius 2 is 1.59 bits per heavy atom. The molecule has 0 aliphatic carbocycles. The van der Waals surface area contributed by atoms with Crippen molar-refractivity contribution in [1.29, 1.82) is 0 Å². The first-order chi connectivity index (χ1) is 10.6. The predicted octanol–water partition coefficient (Wildman–Crippen LogP) is 3.24. The van der Waals surface area contributed by atoms with E-state index >= 15 is 0 Å². The van der Waals surface area contributed by atoms with Crippen molar-refractivity contribution < 1.29 is 9.59 Å². The van der Waals surface area contributed by atoms with E-state index in [-0.39, 0.29) is 11.9 Å². The number of carbonyl (C=O) groups excluding carboxylic acids is 2. The molecular weight excluding hydrogens is 278 g/mol. The molecule has 5 nitrogen and oxygen atoms in total. The molecule has 0 saturated heterocycles. The van der Waals surface area contributed by atoms with E-state index in [0.717, 1.165) is 12.1 Å². The van der Waals surface area contributed by atoms with Gasteiger partial charge >= 0.3 is 6.03 Å². The van der Waals surface area contributed by atoms with Crippen molar-refractivity contribution >= 4 is 29.0 Å². The molecule has 0 atom stereocenters. The van der Waals surface area contributed by atoms with E-state index in [2.05, 4.69) is 10.6 Å². The van der Waals surface area contributed by atoms with Crippen molar-refractivity contribution in [1.82, 2.24) is 0 Å². The van der Waals surface area contributed by atoms with Crippen LogP contribution in [-0.2, 0) is 11.2 Å². The summed E-state index contributed by atoms with van der Waals surface area (Å²) >= 11 is 0. The van der Waals surface area contributed by atoms with Gasteiger partial charge in [0.25, 0.3) is 0 Å². The highest BCUT2D eigenvalue weighted by molar-refractivity contribution is 6.03. The lowest BCUT2D eigenvalue weighted by Crippen LogP contribution is -2.33. The van der Waals surface area contributed by atoms with Crippen LogP contribution >= 0.6 is 0 Å². The van der Waals surface area contributed by atoms with E-state index in [0.29, 0.717) is 17.9 Å². The van der Waals surface area contributed by atoms with Gasteiger partial charge in [0.15, 0.2) is 0 Å². The molecule has 2 aromatic carbocycles. The van der Waals surface area contributed by atoms with Gasteiger partial charge in [0.2, 0.25) is 5.91 Å². The third kappa shape index (κ3) is 2.93. The Balaban J connectivity index is 1.69. The highest BCUT2D eigenvalue weighted by Gasteiger charge is 2.23. The van der Waals surface area contributed by atoms with Crippen LogP contribution in [0.1, 0.15) is 12.5 Å². The smallest absolute Gasteiger partial charge is 0.326 e. The molecule has 0 spiro atoms. The van der Waals surface area contributed by atoms with Crippen molar-refractivity contribution in [3.05, 3.63) is 54.1 Å². The zero-order valence-corrected chi connectivity index (χ0v) is 12.3. The number of hydrogen-bond acceptors (Lipinski definition) is 2. The number of amides is 3. The summed E-state index contributed by atoms with van der Waals surface area (Å²) in [7, 11) is 0. The maximum atomic E-state index is 12.4. The van der Waals surface area contributed by atoms with Crippen LogP contribution in [0.5, 0.6) is 0 Å². The van der Waals surface area contributed by atoms with Crippen molar-refractivity contribution in [3.8, 4) is 0 Å². The number of urea groups is 1. The van der Waals surface area contributed by atoms with Crippen LogP contribution in [-0.4, -0.2) is 18.5 Å². The van der Waals surface area contributed by atoms with E-state index in [4.69, 9.17) is 0 Å². The number of fused-ring (bicyclic) bond motifs is 1. The van der Waals surface area contributed by atoms with E-state index in [1.54, 1.807) is 29.2 Å². The van der Waals surface area contributed by atoms with Crippen molar-refractivity contribution in [3.63, 3.8) is 0 Å². The summed E-state index contributed by atoms with van der Waals surface area (Å²) in [6.07, 6.45) is 0.880. The Bertz CT molecular complexity index is 710. The Morgan fingerprint density at radius 1 is 0.955 bits per heavy atom. The zero-order valence-electron chi connectivity index (χ0n) is 12.3. The van der Waals surface area contributed by atoms with Gasteiger partial charge in [-0.15, -0.1) is 0 Å². The summed E-state index contributed by atoms with van der Waals surface area (Å²) in [6, 6.07) is 14.8. The normalized spacial score (nSPS) is 12.7. The molecule has 0 radical (unpaired) electrons. The minimum atomic E-state index is -0.141. The van der Waals surface area contributed by atoms with Crippen LogP contribution in [0, 0.1) is 0 Å². The molecule has 2 aromatic rings. The molecule has 0 aromatic heterocycles. The second kappa shape index (κ2) is 5.89. The molecule has 3 rings (SSSR count). The number of nitrogens with one attached hydrogen (secondary N) is 2. The summed E-state index contributed by atoms with van der Waals surface area (Å²) in [4.78, 5) is 25.1. The summed E-state index contributed by atoms with van der Waals surface area (Å²) in [5.41, 5.74) is 3.56. The second-order valence-corrected chi connectivity index (χ2v) is 5.22. The van der Waals surface area contributed by atoms with Gasteiger partial charge < -0.3 is 10.6 Å². The molecule has 5 heteroatoms. The lowest BCUT2D eigenvalue weighted by atomic mass is 10.2. The Morgan fingerprint density at radius 3 is 2.27 bits per heavy atom. The number of rotatable bonds is 2. The van der Waals surface area contributed by atoms with Gasteiger partial charge in [-0.2, -0.15) is 0 Å². The Labute approximate surface area is 128 Å². The van der Waals surface area contributed by atoms with Crippen LogP contribution in [0.3, 0.4) is 0 Å². The molecule has 112 valence electrons. The largest absolute Gasteiger partial charge is 0.326 e. The van der Waals surface area contributed by atoms with Crippen molar-refractivity contribution in [2.45, 2.75) is 13.3 Å². The van der Waals surface area contributed by atoms with Gasteiger partial charge in [0, 0.05) is 30.5 Å². The minimum absolute atomic E-state index is 0.120. The number of para-hydroxylation sites is 1. The molecule has 1 aliphatic heterocycles. The summed E-state index contributed by atoms with van der Waals surface area (Å²) < 4.78 is 0. The van der Waals surface area contributed by atoms with Crippen LogP contribution in [0.25, 0.3) is 0 Å². The summed E-state index contributed by atoms with van der Waals surface area (Å²) in [5, 5.41) is 5.57. The molecule has 1 heterocycles. The molecule has 0 fully saturated rings. The first-order valence-corrected chi connectivity index (χ1v) is 7.17. The van der Waals surface area contributed by atoms with Gasteiger partial charge in [-0.05, 0) is 42.3 Å². The van der Waals surface area contributed by atoms with E-state index in [9.17, 15) is 9.59 Å². The molecule has 2 N–H and O–H groups in total. The number of nitrogens with zero attached hydrogens (tertiary/aromatic N) is 1. The fraction of sp³-hybridized carbons (Fsp3) is 0.176. The lowest BCUT2D eigenvalue weighted by Gasteiger charge is -2.18. The predicted molar refractivity (Wildman–Crippen MR) is 87.3 cm³/mol. The van der Waals surface area contributed by atoms with Gasteiger partial charge in [0.05, 0.1) is 0 Å². The van der Waals surface area contributed by atoms with E-state index in [1.165, 1.54) is 12.5 Å². The maximum Gasteiger partial charge on any atom is 0.326 e. The first-order valence-electron chi connectivity index (χ1n) is 7.17. The number of hydrogen-bond donors (Lipinski definition) is 2. The Hall–Kier alpha value is -2.82. The standard InChI is InChI=1S/C17H17N3O2/c1-12(21)18-14-6-8-15(9-7-14)19-17(22)20-11-10-13-4-2-3-5-16(13)20/h2-9H,10-11H2,1H3,(H,18,21)(H,19,22). The zero-order chi connectivity index (χ0) is 15.5. The second-order valence-electron chi connectivity index (χ2n) is 5.22. The van der Waals surface area contributed by atoms with Crippen LogP contribution in [0.15, 0.2) is 48.5 Å². The number of carbonyl (C=O) groups is 2. The van der Waals surface area contributed by atoms with Crippen LogP contribution in [0.4, 0.5) is 21.9 Å². The highest BCUT2D eigenvalue weighted by atomic mass is 16.2. The van der Waals surface area contributed by atoms with Crippen LogP contribution in [0.2, 0.25) is 0 Å². The molecule has 3 amide bonds. The SMILES string of the molecule is CC(=O)Nc1ccc(NC(=O)N2CCc3ccccc32)cc1. The topological polar surface area (TPSA) is 61.4 Å². The average molecular weight is 295 g/mol. The monoisotopic (exact) mass is 295 g/mol. The van der Waals surface area contributed by atoms with E-state index in [1.807, 2.05) is 24.3 Å². The fourth-order valence-corrected chi connectivity index (χ4v) is 2.58. The third-order valence-corrected chi connectivity index (χ3v) is 3.59. The van der Waals surface area contributed by atoms with Crippen LogP contribution < -0.4 is 15.5 Å². The number of anilines is 3. The molecule has 0 saturated carbocycles. The van der Waals surface area contributed by atoms with Gasteiger partial charge in [-0.1, -0.05) is 18.2 Å². The summed E-state index contributed by atoms with van der Waals surface area (Å²) in [6.45, 7) is 2.15. The van der Waals surface area contributed by atoms with Gasteiger partial charge in [-0.25, -0.2) is 4.79 Å².